The molecule has 0 radical (unpaired) electrons. The van der Waals surface area contributed by atoms with Gasteiger partial charge >= 0.3 is 0 Å². The number of aryl methyl sites for hydroxylation is 1. The Balaban J connectivity index is 1.91. The molecule has 0 spiro atoms. The summed E-state index contributed by atoms with van der Waals surface area (Å²) < 4.78 is 23.5. The van der Waals surface area contributed by atoms with Crippen LogP contribution in [0.2, 0.25) is 0 Å². The van der Waals surface area contributed by atoms with Crippen LogP contribution in [0.5, 0.6) is 11.5 Å². The van der Waals surface area contributed by atoms with Gasteiger partial charge in [-0.2, -0.15) is 0 Å². The van der Waals surface area contributed by atoms with Crippen molar-refractivity contribution in [3.63, 3.8) is 0 Å². The van der Waals surface area contributed by atoms with Crippen LogP contribution < -0.4 is 14.8 Å². The number of carbonyl (C=O) groups excluding carboxylic acids is 1. The van der Waals surface area contributed by atoms with Crippen LogP contribution in [0.4, 0.5) is 10.1 Å². The number of halogens is 1. The minimum Gasteiger partial charge on any atom is -0.497 e. The summed E-state index contributed by atoms with van der Waals surface area (Å²) in [5.74, 6) is 0.317. The number of hydrogen-bond donors (Lipinski definition) is 1. The standard InChI is InChI=1S/C17H18FNO3/c1-21-14-5-3-4-13(11-14)19-17(20)9-7-12-6-8-16(22-2)15(18)10-12/h3-6,8,10-11H,7,9H2,1-2H3,(H,19,20). The van der Waals surface area contributed by atoms with E-state index in [0.717, 1.165) is 5.56 Å². The molecule has 0 fully saturated rings. The van der Waals surface area contributed by atoms with Gasteiger partial charge in [0.05, 0.1) is 14.2 Å². The second-order valence-electron chi connectivity index (χ2n) is 4.75. The van der Waals surface area contributed by atoms with Crippen LogP contribution in [-0.2, 0) is 11.2 Å². The van der Waals surface area contributed by atoms with Crippen molar-refractivity contribution < 1.29 is 18.7 Å². The van der Waals surface area contributed by atoms with E-state index in [9.17, 15) is 9.18 Å². The maximum Gasteiger partial charge on any atom is 0.224 e. The molecule has 0 atom stereocenters. The van der Waals surface area contributed by atoms with Gasteiger partial charge in [0.25, 0.3) is 0 Å². The Morgan fingerprint density at radius 3 is 2.64 bits per heavy atom. The van der Waals surface area contributed by atoms with Crippen molar-refractivity contribution in [2.45, 2.75) is 12.8 Å². The first-order chi connectivity index (χ1) is 10.6. The third-order valence-corrected chi connectivity index (χ3v) is 3.21. The van der Waals surface area contributed by atoms with Crippen LogP contribution in [0, 0.1) is 5.82 Å². The molecule has 0 unspecified atom stereocenters. The number of carbonyl (C=O) groups is 1. The number of amides is 1. The van der Waals surface area contributed by atoms with Gasteiger partial charge in [0.1, 0.15) is 5.75 Å². The zero-order valence-electron chi connectivity index (χ0n) is 12.6. The Bertz CT molecular complexity index is 658. The largest absolute Gasteiger partial charge is 0.497 e. The Morgan fingerprint density at radius 2 is 1.95 bits per heavy atom. The van der Waals surface area contributed by atoms with Gasteiger partial charge in [0.15, 0.2) is 11.6 Å². The van der Waals surface area contributed by atoms with E-state index in [0.29, 0.717) is 17.9 Å². The quantitative estimate of drug-likeness (QED) is 0.889. The second-order valence-corrected chi connectivity index (χ2v) is 4.75. The van der Waals surface area contributed by atoms with E-state index >= 15 is 0 Å². The molecule has 0 saturated heterocycles. The summed E-state index contributed by atoms with van der Waals surface area (Å²) >= 11 is 0. The number of anilines is 1. The summed E-state index contributed by atoms with van der Waals surface area (Å²) in [6, 6.07) is 11.8. The molecule has 4 nitrogen and oxygen atoms in total. The van der Waals surface area contributed by atoms with Crippen molar-refractivity contribution in [1.29, 1.82) is 0 Å². The average molecular weight is 303 g/mol. The molecular weight excluding hydrogens is 285 g/mol. The summed E-state index contributed by atoms with van der Waals surface area (Å²) in [4.78, 5) is 11.9. The Kier molecular flexibility index (Phi) is 5.36. The highest BCUT2D eigenvalue weighted by Gasteiger charge is 2.07. The van der Waals surface area contributed by atoms with E-state index < -0.39 is 5.82 Å². The van der Waals surface area contributed by atoms with Crippen molar-refractivity contribution in [2.75, 3.05) is 19.5 Å². The lowest BCUT2D eigenvalue weighted by molar-refractivity contribution is -0.116. The molecule has 0 aromatic heterocycles. The highest BCUT2D eigenvalue weighted by Crippen LogP contribution is 2.19. The molecule has 0 aliphatic carbocycles. The lowest BCUT2D eigenvalue weighted by Crippen LogP contribution is -2.12. The van der Waals surface area contributed by atoms with Gasteiger partial charge < -0.3 is 14.8 Å². The molecule has 2 rings (SSSR count). The number of ether oxygens (including phenoxy) is 2. The first-order valence-corrected chi connectivity index (χ1v) is 6.88. The van der Waals surface area contributed by atoms with Gasteiger partial charge in [0, 0.05) is 18.2 Å². The predicted octanol–water partition coefficient (Wildman–Crippen LogP) is 3.41. The molecule has 0 heterocycles. The molecule has 116 valence electrons. The summed E-state index contributed by atoms with van der Waals surface area (Å²) in [7, 11) is 2.98. The third kappa shape index (κ3) is 4.22. The zero-order chi connectivity index (χ0) is 15.9. The third-order valence-electron chi connectivity index (χ3n) is 3.21. The zero-order valence-corrected chi connectivity index (χ0v) is 12.6. The van der Waals surface area contributed by atoms with Gasteiger partial charge in [-0.05, 0) is 36.2 Å². The number of hydrogen-bond acceptors (Lipinski definition) is 3. The van der Waals surface area contributed by atoms with Crippen molar-refractivity contribution in [2.24, 2.45) is 0 Å². The van der Waals surface area contributed by atoms with Gasteiger partial charge in [0.2, 0.25) is 5.91 Å². The van der Waals surface area contributed by atoms with Gasteiger partial charge in [-0.25, -0.2) is 4.39 Å². The molecule has 0 aliphatic heterocycles. The van der Waals surface area contributed by atoms with Crippen LogP contribution in [0.3, 0.4) is 0 Å². The van der Waals surface area contributed by atoms with Crippen molar-refractivity contribution >= 4 is 11.6 Å². The minimum atomic E-state index is -0.423. The number of methoxy groups -OCH3 is 2. The molecule has 0 bridgehead atoms. The second kappa shape index (κ2) is 7.45. The molecule has 2 aromatic carbocycles. The maximum absolute atomic E-state index is 13.6. The molecule has 0 saturated carbocycles. The summed E-state index contributed by atoms with van der Waals surface area (Å²) in [6.45, 7) is 0. The van der Waals surface area contributed by atoms with E-state index in [1.807, 2.05) is 0 Å². The van der Waals surface area contributed by atoms with Crippen LogP contribution in [-0.4, -0.2) is 20.1 Å². The fourth-order valence-electron chi connectivity index (χ4n) is 2.05. The van der Waals surface area contributed by atoms with Crippen LogP contribution >= 0.6 is 0 Å². The summed E-state index contributed by atoms with van der Waals surface area (Å²) in [5, 5.41) is 2.79. The van der Waals surface area contributed by atoms with Crippen LogP contribution in [0.25, 0.3) is 0 Å². The monoisotopic (exact) mass is 303 g/mol. The molecule has 1 N–H and O–H groups in total. The Hall–Kier alpha value is -2.56. The fourth-order valence-corrected chi connectivity index (χ4v) is 2.05. The van der Waals surface area contributed by atoms with Gasteiger partial charge in [-0.1, -0.05) is 12.1 Å². The molecule has 1 amide bonds. The van der Waals surface area contributed by atoms with E-state index in [4.69, 9.17) is 9.47 Å². The highest BCUT2D eigenvalue weighted by molar-refractivity contribution is 5.91. The average Bonchev–Trinajstić information content (AvgIpc) is 2.53. The maximum atomic E-state index is 13.6. The normalized spacial score (nSPS) is 10.1. The van der Waals surface area contributed by atoms with E-state index in [1.165, 1.54) is 13.2 Å². The van der Waals surface area contributed by atoms with Crippen molar-refractivity contribution in [3.05, 3.63) is 53.8 Å². The van der Waals surface area contributed by atoms with Crippen molar-refractivity contribution in [3.8, 4) is 11.5 Å². The lowest BCUT2D eigenvalue weighted by atomic mass is 10.1. The first-order valence-electron chi connectivity index (χ1n) is 6.88. The Morgan fingerprint density at radius 1 is 1.14 bits per heavy atom. The predicted molar refractivity (Wildman–Crippen MR) is 82.9 cm³/mol. The fraction of sp³-hybridized carbons (Fsp3) is 0.235. The molecule has 5 heteroatoms. The topological polar surface area (TPSA) is 47.6 Å². The Labute approximate surface area is 128 Å². The van der Waals surface area contributed by atoms with E-state index in [2.05, 4.69) is 5.32 Å². The molecule has 0 aliphatic rings. The number of benzene rings is 2. The SMILES string of the molecule is COc1cccc(NC(=O)CCc2ccc(OC)c(F)c2)c1. The molecule has 2 aromatic rings. The summed E-state index contributed by atoms with van der Waals surface area (Å²) in [6.07, 6.45) is 0.722. The minimum absolute atomic E-state index is 0.135. The highest BCUT2D eigenvalue weighted by atomic mass is 19.1. The number of nitrogens with one attached hydrogen (secondary N) is 1. The van der Waals surface area contributed by atoms with Gasteiger partial charge in [-0.15, -0.1) is 0 Å². The number of rotatable bonds is 6. The van der Waals surface area contributed by atoms with Crippen LogP contribution in [0.1, 0.15) is 12.0 Å². The lowest BCUT2D eigenvalue weighted by Gasteiger charge is -2.08. The molecule has 22 heavy (non-hydrogen) atoms. The molecular formula is C17H18FNO3. The smallest absolute Gasteiger partial charge is 0.224 e. The summed E-state index contributed by atoms with van der Waals surface area (Å²) in [5.41, 5.74) is 1.42. The van der Waals surface area contributed by atoms with Crippen molar-refractivity contribution in [1.82, 2.24) is 0 Å². The van der Waals surface area contributed by atoms with E-state index in [1.54, 1.807) is 43.5 Å². The van der Waals surface area contributed by atoms with Gasteiger partial charge in [-0.3, -0.25) is 4.79 Å². The van der Waals surface area contributed by atoms with Crippen LogP contribution in [0.15, 0.2) is 42.5 Å². The first kappa shape index (κ1) is 15.8. The van der Waals surface area contributed by atoms with E-state index in [-0.39, 0.29) is 18.1 Å².